The minimum absolute atomic E-state index is 0.186. The Labute approximate surface area is 131 Å². The quantitative estimate of drug-likeness (QED) is 0.174. The van der Waals surface area contributed by atoms with Crippen LogP contribution in [-0.4, -0.2) is 5.24 Å². The standard InChI is InChI=1S/C18H33ClO/c1-2-3-4-5-6-7-8-9-10-11-12-13-14-15-16-17-18(19)20/h2H,1,3-17H2. The molecule has 0 aromatic carbocycles. The first-order chi connectivity index (χ1) is 9.77. The van der Waals surface area contributed by atoms with Gasteiger partial charge in [0, 0.05) is 6.42 Å². The van der Waals surface area contributed by atoms with Gasteiger partial charge in [0.1, 0.15) is 0 Å². The van der Waals surface area contributed by atoms with E-state index in [1.54, 1.807) is 0 Å². The predicted molar refractivity (Wildman–Crippen MR) is 90.3 cm³/mol. The van der Waals surface area contributed by atoms with Gasteiger partial charge in [-0.2, -0.15) is 0 Å². The minimum Gasteiger partial charge on any atom is -0.281 e. The van der Waals surface area contributed by atoms with Crippen molar-refractivity contribution >= 4 is 16.8 Å². The summed E-state index contributed by atoms with van der Waals surface area (Å²) in [6.45, 7) is 3.75. The highest BCUT2D eigenvalue weighted by atomic mass is 35.5. The van der Waals surface area contributed by atoms with E-state index in [-0.39, 0.29) is 5.24 Å². The third kappa shape index (κ3) is 17.7. The molecule has 0 fully saturated rings. The second-order valence-electron chi connectivity index (χ2n) is 5.78. The lowest BCUT2D eigenvalue weighted by molar-refractivity contribution is -0.111. The van der Waals surface area contributed by atoms with Crippen LogP contribution in [0.2, 0.25) is 0 Å². The Hall–Kier alpha value is -0.300. The Morgan fingerprint density at radius 3 is 1.40 bits per heavy atom. The van der Waals surface area contributed by atoms with Gasteiger partial charge in [0.15, 0.2) is 0 Å². The van der Waals surface area contributed by atoms with Crippen LogP contribution in [0.15, 0.2) is 12.7 Å². The number of allylic oxidation sites excluding steroid dienone is 1. The first-order valence-electron chi connectivity index (χ1n) is 8.56. The minimum atomic E-state index is -0.186. The Balaban J connectivity index is 2.95. The van der Waals surface area contributed by atoms with Crippen molar-refractivity contribution in [3.05, 3.63) is 12.7 Å². The van der Waals surface area contributed by atoms with E-state index in [1.165, 1.54) is 77.0 Å². The summed E-state index contributed by atoms with van der Waals surface area (Å²) in [5, 5.41) is -0.186. The van der Waals surface area contributed by atoms with Gasteiger partial charge >= 0.3 is 0 Å². The van der Waals surface area contributed by atoms with E-state index in [1.807, 2.05) is 6.08 Å². The van der Waals surface area contributed by atoms with Crippen LogP contribution in [0.25, 0.3) is 0 Å². The van der Waals surface area contributed by atoms with Crippen LogP contribution < -0.4 is 0 Å². The maximum Gasteiger partial charge on any atom is 0.221 e. The SMILES string of the molecule is C=CCCCCCCCCCCCCCCCC(=O)Cl. The smallest absolute Gasteiger partial charge is 0.221 e. The summed E-state index contributed by atoms with van der Waals surface area (Å²) in [4.78, 5) is 10.5. The first-order valence-corrected chi connectivity index (χ1v) is 8.94. The molecule has 0 aromatic rings. The van der Waals surface area contributed by atoms with Gasteiger partial charge in [-0.1, -0.05) is 76.7 Å². The summed E-state index contributed by atoms with van der Waals surface area (Å²) in [7, 11) is 0. The summed E-state index contributed by atoms with van der Waals surface area (Å²) in [6.07, 6.45) is 20.9. The van der Waals surface area contributed by atoms with Crippen molar-refractivity contribution in [1.82, 2.24) is 0 Å². The predicted octanol–water partition coefficient (Wildman–Crippen LogP) is 6.79. The molecule has 0 rings (SSSR count). The molecule has 0 N–H and O–H groups in total. The maximum atomic E-state index is 10.5. The number of carbonyl (C=O) groups excluding carboxylic acids is 1. The summed E-state index contributed by atoms with van der Waals surface area (Å²) in [6, 6.07) is 0. The van der Waals surface area contributed by atoms with Crippen LogP contribution in [0, 0.1) is 0 Å². The zero-order valence-electron chi connectivity index (χ0n) is 13.2. The summed E-state index contributed by atoms with van der Waals surface area (Å²) in [5.74, 6) is 0. The van der Waals surface area contributed by atoms with Crippen molar-refractivity contribution in [3.63, 3.8) is 0 Å². The summed E-state index contributed by atoms with van der Waals surface area (Å²) in [5.41, 5.74) is 0. The fraction of sp³-hybridized carbons (Fsp3) is 0.833. The Bertz CT molecular complexity index is 225. The number of hydrogen-bond acceptors (Lipinski definition) is 1. The lowest BCUT2D eigenvalue weighted by atomic mass is 10.0. The molecule has 0 bridgehead atoms. The molecule has 0 aliphatic heterocycles. The van der Waals surface area contributed by atoms with Gasteiger partial charge in [0.05, 0.1) is 0 Å². The molecule has 0 spiro atoms. The number of halogens is 1. The first kappa shape index (κ1) is 19.7. The average Bonchev–Trinajstić information content (AvgIpc) is 2.43. The molecule has 0 saturated carbocycles. The molecule has 0 saturated heterocycles. The van der Waals surface area contributed by atoms with E-state index >= 15 is 0 Å². The molecule has 0 aliphatic carbocycles. The molecule has 2 heteroatoms. The van der Waals surface area contributed by atoms with Gasteiger partial charge in [-0.15, -0.1) is 6.58 Å². The van der Waals surface area contributed by atoms with E-state index in [2.05, 4.69) is 6.58 Å². The largest absolute Gasteiger partial charge is 0.281 e. The van der Waals surface area contributed by atoms with E-state index in [0.717, 1.165) is 12.8 Å². The molecule has 1 nitrogen and oxygen atoms in total. The van der Waals surface area contributed by atoms with Crippen LogP contribution in [0.5, 0.6) is 0 Å². The molecule has 20 heavy (non-hydrogen) atoms. The topological polar surface area (TPSA) is 17.1 Å². The van der Waals surface area contributed by atoms with E-state index in [9.17, 15) is 4.79 Å². The normalized spacial score (nSPS) is 10.7. The van der Waals surface area contributed by atoms with Gasteiger partial charge in [-0.05, 0) is 30.9 Å². The Kier molecular flexibility index (Phi) is 16.5. The van der Waals surface area contributed by atoms with Crippen molar-refractivity contribution in [1.29, 1.82) is 0 Å². The average molecular weight is 301 g/mol. The van der Waals surface area contributed by atoms with Crippen LogP contribution in [0.4, 0.5) is 0 Å². The van der Waals surface area contributed by atoms with E-state index in [0.29, 0.717) is 6.42 Å². The van der Waals surface area contributed by atoms with Crippen molar-refractivity contribution in [2.75, 3.05) is 0 Å². The second kappa shape index (κ2) is 16.8. The molecule has 0 aromatic heterocycles. The van der Waals surface area contributed by atoms with Gasteiger partial charge < -0.3 is 0 Å². The lowest BCUT2D eigenvalue weighted by Crippen LogP contribution is -1.86. The molecule has 0 heterocycles. The third-order valence-electron chi connectivity index (χ3n) is 3.78. The molecular weight excluding hydrogens is 268 g/mol. The van der Waals surface area contributed by atoms with Gasteiger partial charge in [-0.25, -0.2) is 0 Å². The zero-order valence-corrected chi connectivity index (χ0v) is 13.9. The number of unbranched alkanes of at least 4 members (excludes halogenated alkanes) is 13. The van der Waals surface area contributed by atoms with Crippen molar-refractivity contribution < 1.29 is 4.79 Å². The highest BCUT2D eigenvalue weighted by molar-refractivity contribution is 6.63. The van der Waals surface area contributed by atoms with Crippen molar-refractivity contribution in [2.45, 2.75) is 96.3 Å². The molecule has 118 valence electrons. The van der Waals surface area contributed by atoms with Crippen LogP contribution >= 0.6 is 11.6 Å². The molecule has 0 atom stereocenters. The van der Waals surface area contributed by atoms with Crippen molar-refractivity contribution in [2.24, 2.45) is 0 Å². The molecule has 0 radical (unpaired) electrons. The highest BCUT2D eigenvalue weighted by Gasteiger charge is 1.96. The fourth-order valence-electron chi connectivity index (χ4n) is 2.50. The third-order valence-corrected chi connectivity index (χ3v) is 3.97. The lowest BCUT2D eigenvalue weighted by Gasteiger charge is -2.02. The molecular formula is C18H33ClO. The Morgan fingerprint density at radius 1 is 0.700 bits per heavy atom. The van der Waals surface area contributed by atoms with Crippen molar-refractivity contribution in [3.8, 4) is 0 Å². The molecule has 0 unspecified atom stereocenters. The number of carbonyl (C=O) groups is 1. The van der Waals surface area contributed by atoms with Crippen LogP contribution in [0.1, 0.15) is 96.3 Å². The summed E-state index contributed by atoms with van der Waals surface area (Å²) < 4.78 is 0. The van der Waals surface area contributed by atoms with Crippen LogP contribution in [0.3, 0.4) is 0 Å². The molecule has 0 aliphatic rings. The number of hydrogen-bond donors (Lipinski definition) is 0. The highest BCUT2D eigenvalue weighted by Crippen LogP contribution is 2.13. The Morgan fingerprint density at radius 2 is 1.05 bits per heavy atom. The number of rotatable bonds is 16. The van der Waals surface area contributed by atoms with Gasteiger partial charge in [0.25, 0.3) is 0 Å². The summed E-state index contributed by atoms with van der Waals surface area (Å²) >= 11 is 5.29. The van der Waals surface area contributed by atoms with Gasteiger partial charge in [-0.3, -0.25) is 4.79 Å². The monoisotopic (exact) mass is 300 g/mol. The second-order valence-corrected chi connectivity index (χ2v) is 6.20. The van der Waals surface area contributed by atoms with Gasteiger partial charge in [0.2, 0.25) is 5.24 Å². The maximum absolute atomic E-state index is 10.5. The molecule has 0 amide bonds. The van der Waals surface area contributed by atoms with E-state index < -0.39 is 0 Å². The van der Waals surface area contributed by atoms with E-state index in [4.69, 9.17) is 11.6 Å². The zero-order chi connectivity index (χ0) is 14.9. The van der Waals surface area contributed by atoms with Crippen LogP contribution in [-0.2, 0) is 4.79 Å². The fourth-order valence-corrected chi connectivity index (χ4v) is 2.63.